The maximum Gasteiger partial charge on any atom is 0.128 e. The van der Waals surface area contributed by atoms with Crippen LogP contribution in [0, 0.1) is 5.82 Å². The Bertz CT molecular complexity index is 714. The van der Waals surface area contributed by atoms with E-state index in [0.29, 0.717) is 29.8 Å². The van der Waals surface area contributed by atoms with Gasteiger partial charge in [-0.1, -0.05) is 41.9 Å². The van der Waals surface area contributed by atoms with Gasteiger partial charge >= 0.3 is 0 Å². The summed E-state index contributed by atoms with van der Waals surface area (Å²) in [7, 11) is 0. The van der Waals surface area contributed by atoms with Gasteiger partial charge in [-0.05, 0) is 56.0 Å². The second kappa shape index (κ2) is 8.49. The van der Waals surface area contributed by atoms with E-state index in [1.807, 2.05) is 24.3 Å². The minimum absolute atomic E-state index is 0.356. The van der Waals surface area contributed by atoms with E-state index in [1.54, 1.807) is 18.2 Å². The molecule has 1 unspecified atom stereocenters. The molecule has 26 heavy (non-hydrogen) atoms. The third-order valence-electron chi connectivity index (χ3n) is 5.28. The number of aliphatic hydroxyl groups excluding tert-OH is 1. The Hall–Kier alpha value is -1.46. The van der Waals surface area contributed by atoms with Crippen molar-refractivity contribution in [2.75, 3.05) is 19.6 Å². The molecule has 1 aliphatic rings. The van der Waals surface area contributed by atoms with Gasteiger partial charge in [0.05, 0.1) is 11.7 Å². The van der Waals surface area contributed by atoms with E-state index in [1.165, 1.54) is 6.07 Å². The molecule has 1 saturated heterocycles. The smallest absolute Gasteiger partial charge is 0.128 e. The van der Waals surface area contributed by atoms with Gasteiger partial charge in [0.15, 0.2) is 0 Å². The summed E-state index contributed by atoms with van der Waals surface area (Å²) in [5.41, 5.74) is 0.480. The number of hydrogen-bond donors (Lipinski definition) is 2. The Morgan fingerprint density at radius 1 is 1.08 bits per heavy atom. The summed E-state index contributed by atoms with van der Waals surface area (Å²) < 4.78 is 13.7. The third-order valence-corrected chi connectivity index (χ3v) is 5.53. The zero-order valence-electron chi connectivity index (χ0n) is 14.7. The molecule has 2 aromatic carbocycles. The fourth-order valence-electron chi connectivity index (χ4n) is 3.60. The van der Waals surface area contributed by atoms with Crippen molar-refractivity contribution < 1.29 is 14.6 Å². The van der Waals surface area contributed by atoms with Gasteiger partial charge in [0.1, 0.15) is 5.82 Å². The fraction of sp³-hybridized carbons (Fsp3) is 0.429. The summed E-state index contributed by atoms with van der Waals surface area (Å²) in [4.78, 5) is 2.29. The van der Waals surface area contributed by atoms with Crippen LogP contribution in [0.3, 0.4) is 0 Å². The maximum absolute atomic E-state index is 13.7. The number of hydrogen-bond acceptors (Lipinski definition) is 3. The van der Waals surface area contributed by atoms with Crippen molar-refractivity contribution in [3.05, 3.63) is 70.5 Å². The monoisotopic (exact) mass is 377 g/mol. The Labute approximate surface area is 159 Å². The summed E-state index contributed by atoms with van der Waals surface area (Å²) in [5, 5.41) is 21.7. The van der Waals surface area contributed by atoms with Crippen LogP contribution < -0.4 is 0 Å². The van der Waals surface area contributed by atoms with Crippen molar-refractivity contribution in [2.45, 2.75) is 37.4 Å². The lowest BCUT2D eigenvalue weighted by Crippen LogP contribution is -2.42. The predicted molar refractivity (Wildman–Crippen MR) is 102 cm³/mol. The number of rotatable bonds is 6. The molecule has 2 N–H and O–H groups in total. The van der Waals surface area contributed by atoms with Gasteiger partial charge in [-0.15, -0.1) is 0 Å². The molecule has 3 nitrogen and oxygen atoms in total. The van der Waals surface area contributed by atoms with E-state index in [2.05, 4.69) is 4.90 Å². The van der Waals surface area contributed by atoms with E-state index < -0.39 is 11.7 Å². The van der Waals surface area contributed by atoms with E-state index in [-0.39, 0.29) is 5.82 Å². The molecule has 3 rings (SSSR count). The maximum atomic E-state index is 13.7. The second-order valence-corrected chi connectivity index (χ2v) is 7.50. The fourth-order valence-corrected chi connectivity index (χ4v) is 3.73. The molecule has 0 bridgehead atoms. The Morgan fingerprint density at radius 2 is 1.73 bits per heavy atom. The third kappa shape index (κ3) is 4.63. The van der Waals surface area contributed by atoms with Gasteiger partial charge in [-0.3, -0.25) is 0 Å². The quantitative estimate of drug-likeness (QED) is 0.789. The summed E-state index contributed by atoms with van der Waals surface area (Å²) in [6, 6.07) is 13.8. The van der Waals surface area contributed by atoms with Crippen molar-refractivity contribution in [1.82, 2.24) is 4.90 Å². The molecule has 2 aromatic rings. The van der Waals surface area contributed by atoms with Gasteiger partial charge in [0, 0.05) is 23.7 Å². The second-order valence-electron chi connectivity index (χ2n) is 7.06. The minimum Gasteiger partial charge on any atom is -0.388 e. The van der Waals surface area contributed by atoms with Crippen LogP contribution in [-0.2, 0) is 5.60 Å². The lowest BCUT2D eigenvalue weighted by molar-refractivity contribution is -0.0266. The number of benzene rings is 2. The average Bonchev–Trinajstić information content (AvgIpc) is 2.64. The summed E-state index contributed by atoms with van der Waals surface area (Å²) in [6.45, 7) is 2.44. The molecule has 0 aromatic heterocycles. The summed E-state index contributed by atoms with van der Waals surface area (Å²) in [5.74, 6) is -0.356. The number of nitrogens with zero attached hydrogens (tertiary/aromatic N) is 1. The lowest BCUT2D eigenvalue weighted by Gasteiger charge is -2.38. The van der Waals surface area contributed by atoms with Crippen LogP contribution in [0.4, 0.5) is 4.39 Å². The van der Waals surface area contributed by atoms with Gasteiger partial charge in [0.2, 0.25) is 0 Å². The van der Waals surface area contributed by atoms with Crippen molar-refractivity contribution in [2.24, 2.45) is 0 Å². The SMILES string of the molecule is OC(CCCN1CCC(O)(c2ccc(Cl)cc2)CC1)c1ccccc1F. The Balaban J connectivity index is 1.46. The molecule has 1 aliphatic heterocycles. The number of likely N-dealkylation sites (tertiary alicyclic amines) is 1. The molecule has 1 fully saturated rings. The molecule has 5 heteroatoms. The van der Waals surface area contributed by atoms with Crippen molar-refractivity contribution in [3.63, 3.8) is 0 Å². The number of piperidine rings is 1. The molecule has 140 valence electrons. The van der Waals surface area contributed by atoms with Gasteiger partial charge in [0.25, 0.3) is 0 Å². The molecule has 0 saturated carbocycles. The molecule has 0 spiro atoms. The van der Waals surface area contributed by atoms with E-state index in [4.69, 9.17) is 11.6 Å². The van der Waals surface area contributed by atoms with Crippen LogP contribution >= 0.6 is 11.6 Å². The van der Waals surface area contributed by atoms with Crippen LogP contribution in [0.25, 0.3) is 0 Å². The first-order chi connectivity index (χ1) is 12.5. The topological polar surface area (TPSA) is 43.7 Å². The van der Waals surface area contributed by atoms with Crippen molar-refractivity contribution in [3.8, 4) is 0 Å². The highest BCUT2D eigenvalue weighted by atomic mass is 35.5. The zero-order valence-corrected chi connectivity index (χ0v) is 15.5. The Kier molecular flexibility index (Phi) is 6.30. The zero-order chi connectivity index (χ0) is 18.6. The first-order valence-electron chi connectivity index (χ1n) is 9.11. The van der Waals surface area contributed by atoms with Gasteiger partial charge in [-0.2, -0.15) is 0 Å². The molecular formula is C21H25ClFNO2. The standard InChI is InChI=1S/C21H25ClFNO2/c22-17-9-7-16(8-10-17)21(26)11-14-24(15-12-21)13-3-6-20(25)18-4-1-2-5-19(18)23/h1-2,4-5,7-10,20,25-26H,3,6,11-15H2. The van der Waals surface area contributed by atoms with Crippen molar-refractivity contribution >= 4 is 11.6 Å². The molecule has 0 amide bonds. The first kappa shape index (κ1) is 19.3. The molecule has 0 radical (unpaired) electrons. The summed E-state index contributed by atoms with van der Waals surface area (Å²) >= 11 is 5.92. The number of aliphatic hydroxyl groups is 2. The minimum atomic E-state index is -0.798. The predicted octanol–water partition coefficient (Wildman–Crippen LogP) is 4.28. The van der Waals surface area contributed by atoms with Crippen LogP contribution in [0.15, 0.2) is 48.5 Å². The first-order valence-corrected chi connectivity index (χ1v) is 9.49. The van der Waals surface area contributed by atoms with Crippen molar-refractivity contribution in [1.29, 1.82) is 0 Å². The largest absolute Gasteiger partial charge is 0.388 e. The van der Waals surface area contributed by atoms with Crippen LogP contribution in [0.1, 0.15) is 42.9 Å². The normalized spacial score (nSPS) is 18.6. The van der Waals surface area contributed by atoms with E-state index >= 15 is 0 Å². The van der Waals surface area contributed by atoms with Gasteiger partial charge < -0.3 is 15.1 Å². The highest BCUT2D eigenvalue weighted by Gasteiger charge is 2.33. The average molecular weight is 378 g/mol. The van der Waals surface area contributed by atoms with Crippen LogP contribution in [-0.4, -0.2) is 34.7 Å². The van der Waals surface area contributed by atoms with E-state index in [0.717, 1.165) is 31.6 Å². The highest BCUT2D eigenvalue weighted by Crippen LogP contribution is 2.33. The summed E-state index contributed by atoms with van der Waals surface area (Å²) in [6.07, 6.45) is 1.88. The van der Waals surface area contributed by atoms with Crippen LogP contribution in [0.2, 0.25) is 5.02 Å². The lowest BCUT2D eigenvalue weighted by atomic mass is 9.84. The highest BCUT2D eigenvalue weighted by molar-refractivity contribution is 6.30. The van der Waals surface area contributed by atoms with E-state index in [9.17, 15) is 14.6 Å². The molecule has 1 heterocycles. The number of halogens is 2. The molecule has 1 atom stereocenters. The molecule has 0 aliphatic carbocycles. The molecular weight excluding hydrogens is 353 g/mol. The van der Waals surface area contributed by atoms with Gasteiger partial charge in [-0.25, -0.2) is 4.39 Å². The Morgan fingerprint density at radius 3 is 2.38 bits per heavy atom. The van der Waals surface area contributed by atoms with Crippen LogP contribution in [0.5, 0.6) is 0 Å².